The first-order valence-corrected chi connectivity index (χ1v) is 9.07. The van der Waals surface area contributed by atoms with Gasteiger partial charge in [0, 0.05) is 12.4 Å². The lowest BCUT2D eigenvalue weighted by Crippen LogP contribution is -2.36. The Morgan fingerprint density at radius 2 is 1.61 bits per heavy atom. The van der Waals surface area contributed by atoms with Crippen LogP contribution in [0, 0.1) is 0 Å². The summed E-state index contributed by atoms with van der Waals surface area (Å²) in [6.45, 7) is 3.14. The fraction of sp³-hybridized carbons (Fsp3) is 0.294. The molecular weight excluding hydrogens is 312 g/mol. The van der Waals surface area contributed by atoms with Gasteiger partial charge in [-0.3, -0.25) is 9.78 Å². The number of amides is 1. The maximum atomic E-state index is 12.2. The molecule has 1 aromatic carbocycles. The van der Waals surface area contributed by atoms with Gasteiger partial charge in [-0.1, -0.05) is 30.3 Å². The first-order chi connectivity index (χ1) is 10.9. The highest BCUT2D eigenvalue weighted by atomic mass is 32.2. The molecule has 0 radical (unpaired) electrons. The quantitative estimate of drug-likeness (QED) is 0.879. The van der Waals surface area contributed by atoms with Gasteiger partial charge in [0.2, 0.25) is 5.91 Å². The number of sulfone groups is 1. The molecule has 122 valence electrons. The molecular formula is C17H20N2O3S. The maximum absolute atomic E-state index is 12.2. The first kappa shape index (κ1) is 17.1. The van der Waals surface area contributed by atoms with Crippen LogP contribution in [0.2, 0.25) is 0 Å². The van der Waals surface area contributed by atoms with Crippen molar-refractivity contribution in [3.8, 4) is 0 Å². The predicted octanol–water partition coefficient (Wildman–Crippen LogP) is 2.11. The van der Waals surface area contributed by atoms with Gasteiger partial charge in [0.15, 0.2) is 9.84 Å². The van der Waals surface area contributed by atoms with Crippen molar-refractivity contribution >= 4 is 15.7 Å². The second-order valence-electron chi connectivity index (χ2n) is 5.55. The third-order valence-electron chi connectivity index (χ3n) is 3.53. The lowest BCUT2D eigenvalue weighted by molar-refractivity contribution is -0.119. The molecule has 0 saturated carbocycles. The van der Waals surface area contributed by atoms with Crippen LogP contribution >= 0.6 is 0 Å². The zero-order valence-electron chi connectivity index (χ0n) is 13.1. The van der Waals surface area contributed by atoms with Gasteiger partial charge in [-0.25, -0.2) is 8.42 Å². The second kappa shape index (κ2) is 7.37. The molecule has 0 aliphatic carbocycles. The highest BCUT2D eigenvalue weighted by Gasteiger charge is 2.23. The Hall–Kier alpha value is -2.21. The molecule has 0 saturated heterocycles. The van der Waals surface area contributed by atoms with Crippen molar-refractivity contribution in [2.75, 3.05) is 5.75 Å². The van der Waals surface area contributed by atoms with Crippen molar-refractivity contribution in [2.45, 2.75) is 25.1 Å². The van der Waals surface area contributed by atoms with E-state index in [-0.39, 0.29) is 0 Å². The van der Waals surface area contributed by atoms with Crippen LogP contribution in [0.25, 0.3) is 0 Å². The van der Waals surface area contributed by atoms with Crippen LogP contribution in [0.5, 0.6) is 0 Å². The topological polar surface area (TPSA) is 76.1 Å². The number of nitrogens with one attached hydrogen (secondary N) is 1. The lowest BCUT2D eigenvalue weighted by Gasteiger charge is -2.20. The monoisotopic (exact) mass is 332 g/mol. The van der Waals surface area contributed by atoms with Gasteiger partial charge in [-0.05, 0) is 37.1 Å². The van der Waals surface area contributed by atoms with E-state index < -0.39 is 32.8 Å². The van der Waals surface area contributed by atoms with Crippen molar-refractivity contribution in [1.82, 2.24) is 10.3 Å². The molecule has 23 heavy (non-hydrogen) atoms. The Morgan fingerprint density at radius 3 is 2.17 bits per heavy atom. The Kier molecular flexibility index (Phi) is 5.50. The standard InChI is InChI=1S/C17H20N2O3S/c1-13(2)23(21,22)12-16(20)19-17(14-6-4-3-5-7-14)15-8-10-18-11-9-15/h3-11,13,17H,12H2,1-2H3,(H,19,20). The number of hydrogen-bond donors (Lipinski definition) is 1. The summed E-state index contributed by atoms with van der Waals surface area (Å²) in [6.07, 6.45) is 3.28. The largest absolute Gasteiger partial charge is 0.344 e. The molecule has 2 aromatic rings. The van der Waals surface area contributed by atoms with Crippen LogP contribution in [-0.4, -0.2) is 30.3 Å². The van der Waals surface area contributed by atoms with E-state index in [4.69, 9.17) is 0 Å². The van der Waals surface area contributed by atoms with E-state index in [1.165, 1.54) is 0 Å². The fourth-order valence-corrected chi connectivity index (χ4v) is 2.89. The highest BCUT2D eigenvalue weighted by Crippen LogP contribution is 2.21. The minimum Gasteiger partial charge on any atom is -0.344 e. The first-order valence-electron chi connectivity index (χ1n) is 7.36. The molecule has 1 aromatic heterocycles. The molecule has 0 aliphatic heterocycles. The van der Waals surface area contributed by atoms with E-state index in [9.17, 15) is 13.2 Å². The average molecular weight is 332 g/mol. The van der Waals surface area contributed by atoms with E-state index in [0.717, 1.165) is 11.1 Å². The number of carbonyl (C=O) groups excluding carboxylic acids is 1. The molecule has 0 fully saturated rings. The average Bonchev–Trinajstić information content (AvgIpc) is 2.53. The molecule has 5 nitrogen and oxygen atoms in total. The number of nitrogens with zero attached hydrogens (tertiary/aromatic N) is 1. The summed E-state index contributed by atoms with van der Waals surface area (Å²) in [5.41, 5.74) is 1.73. The van der Waals surface area contributed by atoms with Gasteiger partial charge in [0.1, 0.15) is 5.75 Å². The molecule has 1 heterocycles. The Bertz CT molecular complexity index is 704. The third kappa shape index (κ3) is 4.63. The third-order valence-corrected chi connectivity index (χ3v) is 5.63. The predicted molar refractivity (Wildman–Crippen MR) is 89.6 cm³/mol. The second-order valence-corrected chi connectivity index (χ2v) is 8.10. The minimum absolute atomic E-state index is 0.408. The lowest BCUT2D eigenvalue weighted by atomic mass is 10.00. The van der Waals surface area contributed by atoms with Crippen molar-refractivity contribution in [2.24, 2.45) is 0 Å². The number of pyridine rings is 1. The van der Waals surface area contributed by atoms with Gasteiger partial charge in [0.05, 0.1) is 11.3 Å². The molecule has 0 spiro atoms. The Balaban J connectivity index is 2.24. The highest BCUT2D eigenvalue weighted by molar-refractivity contribution is 7.92. The summed E-state index contributed by atoms with van der Waals surface area (Å²) in [6, 6.07) is 12.6. The van der Waals surface area contributed by atoms with E-state index in [1.807, 2.05) is 30.3 Å². The van der Waals surface area contributed by atoms with Crippen molar-refractivity contribution in [3.63, 3.8) is 0 Å². The van der Waals surface area contributed by atoms with E-state index >= 15 is 0 Å². The van der Waals surface area contributed by atoms with E-state index in [2.05, 4.69) is 10.3 Å². The number of aromatic nitrogens is 1. The van der Waals surface area contributed by atoms with Gasteiger partial charge >= 0.3 is 0 Å². The van der Waals surface area contributed by atoms with E-state index in [1.54, 1.807) is 38.4 Å². The SMILES string of the molecule is CC(C)S(=O)(=O)CC(=O)NC(c1ccccc1)c1ccncc1. The van der Waals surface area contributed by atoms with Crippen molar-refractivity contribution in [3.05, 3.63) is 66.0 Å². The molecule has 6 heteroatoms. The molecule has 2 rings (SSSR count). The van der Waals surface area contributed by atoms with E-state index in [0.29, 0.717) is 0 Å². The summed E-state index contributed by atoms with van der Waals surface area (Å²) in [5.74, 6) is -1.02. The smallest absolute Gasteiger partial charge is 0.235 e. The summed E-state index contributed by atoms with van der Waals surface area (Å²) in [4.78, 5) is 16.2. The molecule has 1 amide bonds. The molecule has 1 atom stereocenters. The van der Waals surface area contributed by atoms with Gasteiger partial charge in [0.25, 0.3) is 0 Å². The van der Waals surface area contributed by atoms with Crippen LogP contribution < -0.4 is 5.32 Å². The summed E-state index contributed by atoms with van der Waals surface area (Å²) in [7, 11) is -3.43. The van der Waals surface area contributed by atoms with Crippen LogP contribution in [0.15, 0.2) is 54.9 Å². The summed E-state index contributed by atoms with van der Waals surface area (Å²) < 4.78 is 23.8. The minimum atomic E-state index is -3.43. The number of rotatable bonds is 6. The van der Waals surface area contributed by atoms with Crippen LogP contribution in [0.4, 0.5) is 0 Å². The zero-order chi connectivity index (χ0) is 16.9. The molecule has 0 aliphatic rings. The van der Waals surface area contributed by atoms with Gasteiger partial charge in [-0.15, -0.1) is 0 Å². The maximum Gasteiger partial charge on any atom is 0.235 e. The Morgan fingerprint density at radius 1 is 1.04 bits per heavy atom. The number of carbonyl (C=O) groups is 1. The van der Waals surface area contributed by atoms with Crippen molar-refractivity contribution in [1.29, 1.82) is 0 Å². The summed E-state index contributed by atoms with van der Waals surface area (Å²) >= 11 is 0. The van der Waals surface area contributed by atoms with Gasteiger partial charge in [-0.2, -0.15) is 0 Å². The molecule has 1 unspecified atom stereocenters. The Labute approximate surface area is 136 Å². The fourth-order valence-electron chi connectivity index (χ4n) is 2.11. The van der Waals surface area contributed by atoms with Crippen molar-refractivity contribution < 1.29 is 13.2 Å². The number of hydrogen-bond acceptors (Lipinski definition) is 4. The normalized spacial score (nSPS) is 12.8. The van der Waals surface area contributed by atoms with Gasteiger partial charge < -0.3 is 5.32 Å². The van der Waals surface area contributed by atoms with Crippen LogP contribution in [0.3, 0.4) is 0 Å². The molecule has 0 bridgehead atoms. The number of benzene rings is 1. The zero-order valence-corrected chi connectivity index (χ0v) is 14.0. The molecule has 1 N–H and O–H groups in total. The van der Waals surface area contributed by atoms with Crippen LogP contribution in [0.1, 0.15) is 31.0 Å². The van der Waals surface area contributed by atoms with Crippen LogP contribution in [-0.2, 0) is 14.6 Å². The summed E-state index contributed by atoms with van der Waals surface area (Å²) in [5, 5.41) is 2.24.